The van der Waals surface area contributed by atoms with Crippen LogP contribution in [0.5, 0.6) is 0 Å². The van der Waals surface area contributed by atoms with E-state index in [9.17, 15) is 0 Å². The van der Waals surface area contributed by atoms with Gasteiger partial charge in [-0.15, -0.1) is 0 Å². The van der Waals surface area contributed by atoms with E-state index < -0.39 is 0 Å². The molecular weight excluding hydrogens is 347 g/mol. The number of aromatic nitrogens is 2. The van der Waals surface area contributed by atoms with Crippen LogP contribution in [0.3, 0.4) is 0 Å². The normalized spacial score (nSPS) is 10.3. The zero-order valence-electron chi connectivity index (χ0n) is 6.37. The molecule has 0 aliphatic carbocycles. The van der Waals surface area contributed by atoms with Gasteiger partial charge in [0.15, 0.2) is 0 Å². The molecule has 0 atom stereocenters. The maximum absolute atomic E-state index is 4.98. The molecule has 0 radical (unpaired) electrons. The molecule has 1 aromatic carbocycles. The van der Waals surface area contributed by atoms with Gasteiger partial charge in [-0.3, -0.25) is 0 Å². The molecule has 0 aliphatic rings. The van der Waals surface area contributed by atoms with Crippen LogP contribution >= 0.6 is 38.5 Å². The Labute approximate surface area is 96.8 Å². The summed E-state index contributed by atoms with van der Waals surface area (Å²) in [5.74, 6) is 0.531. The number of hydrogen-bond donors (Lipinski definition) is 0. The van der Waals surface area contributed by atoms with Gasteiger partial charge in [0, 0.05) is 9.13 Å². The third-order valence-electron chi connectivity index (χ3n) is 1.49. The van der Waals surface area contributed by atoms with E-state index in [1.165, 1.54) is 3.57 Å². The topological polar surface area (TPSA) is 38.9 Å². The number of rotatable bonds is 1. The quantitative estimate of drug-likeness (QED) is 0.742. The Morgan fingerprint density at radius 3 is 2.46 bits per heavy atom. The Hall–Kier alpha value is -0.430. The van der Waals surface area contributed by atoms with Crippen molar-refractivity contribution in [1.29, 1.82) is 0 Å². The minimum atomic E-state index is 0.473. The van der Waals surface area contributed by atoms with Gasteiger partial charge in [0.25, 0.3) is 5.89 Å². The maximum Gasteiger partial charge on any atom is 0.258 e. The summed E-state index contributed by atoms with van der Waals surface area (Å²) in [6.07, 6.45) is 0. The zero-order chi connectivity index (χ0) is 9.26. The van der Waals surface area contributed by atoms with E-state index in [1.807, 2.05) is 24.3 Å². The average Bonchev–Trinajstić information content (AvgIpc) is 2.53. The number of nitrogens with zero attached hydrogens (tertiary/aromatic N) is 2. The standard InChI is InChI=1S/C8H4BrIN2O/c9-8-11-7(13-12-8)5-1-3-6(10)4-2-5/h1-4H. The summed E-state index contributed by atoms with van der Waals surface area (Å²) >= 11 is 5.37. The Kier molecular flexibility index (Phi) is 2.63. The molecule has 5 heteroatoms. The first-order chi connectivity index (χ1) is 6.25. The van der Waals surface area contributed by atoms with Crippen molar-refractivity contribution in [2.24, 2.45) is 0 Å². The monoisotopic (exact) mass is 350 g/mol. The molecule has 2 aromatic rings. The molecule has 0 aliphatic heterocycles. The Balaban J connectivity index is 2.41. The lowest BCUT2D eigenvalue weighted by atomic mass is 10.2. The predicted molar refractivity (Wildman–Crippen MR) is 60.2 cm³/mol. The van der Waals surface area contributed by atoms with Gasteiger partial charge in [0.2, 0.25) is 4.73 Å². The molecule has 0 saturated carbocycles. The highest BCUT2D eigenvalue weighted by molar-refractivity contribution is 14.1. The van der Waals surface area contributed by atoms with E-state index in [2.05, 4.69) is 48.7 Å². The number of halogens is 2. The number of benzene rings is 1. The smallest absolute Gasteiger partial charge is 0.258 e. The van der Waals surface area contributed by atoms with Crippen molar-refractivity contribution < 1.29 is 4.52 Å². The van der Waals surface area contributed by atoms with Gasteiger partial charge in [0.05, 0.1) is 0 Å². The first kappa shape index (κ1) is 9.14. The second-order valence-electron chi connectivity index (χ2n) is 2.38. The van der Waals surface area contributed by atoms with Crippen molar-refractivity contribution in [3.63, 3.8) is 0 Å². The van der Waals surface area contributed by atoms with Crippen LogP contribution in [-0.4, -0.2) is 10.1 Å². The fraction of sp³-hybridized carbons (Fsp3) is 0. The van der Waals surface area contributed by atoms with Crippen LogP contribution in [0.2, 0.25) is 0 Å². The lowest BCUT2D eigenvalue weighted by Gasteiger charge is -1.92. The summed E-state index contributed by atoms with van der Waals surface area (Å²) < 4.78 is 6.63. The van der Waals surface area contributed by atoms with Gasteiger partial charge in [-0.2, -0.15) is 4.98 Å². The molecule has 0 spiro atoms. The van der Waals surface area contributed by atoms with E-state index in [0.29, 0.717) is 10.6 Å². The van der Waals surface area contributed by atoms with Crippen molar-refractivity contribution in [2.75, 3.05) is 0 Å². The molecule has 13 heavy (non-hydrogen) atoms. The van der Waals surface area contributed by atoms with Crippen LogP contribution in [0.25, 0.3) is 11.5 Å². The van der Waals surface area contributed by atoms with Gasteiger partial charge in [-0.05, 0) is 67.9 Å². The third kappa shape index (κ3) is 2.08. The van der Waals surface area contributed by atoms with Gasteiger partial charge >= 0.3 is 0 Å². The van der Waals surface area contributed by atoms with E-state index in [1.54, 1.807) is 0 Å². The van der Waals surface area contributed by atoms with Crippen molar-refractivity contribution >= 4 is 38.5 Å². The Bertz CT molecular complexity index is 412. The fourth-order valence-corrected chi connectivity index (χ4v) is 1.51. The summed E-state index contributed by atoms with van der Waals surface area (Å²) in [7, 11) is 0. The molecule has 0 bridgehead atoms. The SMILES string of the molecule is Brc1noc(-c2ccc(I)cc2)n1. The highest BCUT2D eigenvalue weighted by atomic mass is 127. The molecule has 0 unspecified atom stereocenters. The Morgan fingerprint density at radius 1 is 1.23 bits per heavy atom. The molecule has 3 nitrogen and oxygen atoms in total. The van der Waals surface area contributed by atoms with Crippen molar-refractivity contribution in [1.82, 2.24) is 10.1 Å². The molecule has 0 amide bonds. The van der Waals surface area contributed by atoms with E-state index in [4.69, 9.17) is 4.52 Å². The Morgan fingerprint density at radius 2 is 1.92 bits per heavy atom. The average molecular weight is 351 g/mol. The highest BCUT2D eigenvalue weighted by Crippen LogP contribution is 2.19. The van der Waals surface area contributed by atoms with Crippen LogP contribution in [0.1, 0.15) is 0 Å². The first-order valence-corrected chi connectivity index (χ1v) is 5.38. The summed E-state index contributed by atoms with van der Waals surface area (Å²) in [4.78, 5) is 4.05. The minimum absolute atomic E-state index is 0.473. The molecule has 0 saturated heterocycles. The lowest BCUT2D eigenvalue weighted by molar-refractivity contribution is 0.426. The molecule has 2 rings (SSSR count). The highest BCUT2D eigenvalue weighted by Gasteiger charge is 2.05. The van der Waals surface area contributed by atoms with E-state index in [0.717, 1.165) is 5.56 Å². The third-order valence-corrected chi connectivity index (χ3v) is 2.53. The molecule has 0 fully saturated rings. The number of hydrogen-bond acceptors (Lipinski definition) is 3. The van der Waals surface area contributed by atoms with Crippen LogP contribution in [-0.2, 0) is 0 Å². The van der Waals surface area contributed by atoms with Crippen LogP contribution in [0.4, 0.5) is 0 Å². The lowest BCUT2D eigenvalue weighted by Crippen LogP contribution is -1.77. The predicted octanol–water partition coefficient (Wildman–Crippen LogP) is 3.10. The largest absolute Gasteiger partial charge is 0.333 e. The van der Waals surface area contributed by atoms with Crippen LogP contribution in [0, 0.1) is 3.57 Å². The molecular formula is C8H4BrIN2O. The van der Waals surface area contributed by atoms with Crippen molar-refractivity contribution in [3.8, 4) is 11.5 Å². The molecule has 1 aromatic heterocycles. The second kappa shape index (κ2) is 3.75. The molecule has 1 heterocycles. The molecule has 66 valence electrons. The summed E-state index contributed by atoms with van der Waals surface area (Å²) in [5, 5.41) is 3.64. The summed E-state index contributed by atoms with van der Waals surface area (Å²) in [6, 6.07) is 7.88. The minimum Gasteiger partial charge on any atom is -0.333 e. The van der Waals surface area contributed by atoms with Crippen molar-refractivity contribution in [2.45, 2.75) is 0 Å². The van der Waals surface area contributed by atoms with Crippen LogP contribution < -0.4 is 0 Å². The van der Waals surface area contributed by atoms with E-state index >= 15 is 0 Å². The second-order valence-corrected chi connectivity index (χ2v) is 4.33. The summed E-state index contributed by atoms with van der Waals surface area (Å²) in [6.45, 7) is 0. The fourth-order valence-electron chi connectivity index (χ4n) is 0.915. The van der Waals surface area contributed by atoms with Gasteiger partial charge in [-0.25, -0.2) is 0 Å². The van der Waals surface area contributed by atoms with Gasteiger partial charge < -0.3 is 4.52 Å². The first-order valence-electron chi connectivity index (χ1n) is 3.51. The van der Waals surface area contributed by atoms with Crippen molar-refractivity contribution in [3.05, 3.63) is 32.6 Å². The maximum atomic E-state index is 4.98. The zero-order valence-corrected chi connectivity index (χ0v) is 10.1. The van der Waals surface area contributed by atoms with Crippen LogP contribution in [0.15, 0.2) is 33.5 Å². The van der Waals surface area contributed by atoms with E-state index in [-0.39, 0.29) is 0 Å². The molecule has 0 N–H and O–H groups in total. The van der Waals surface area contributed by atoms with Gasteiger partial charge in [0.1, 0.15) is 0 Å². The van der Waals surface area contributed by atoms with Gasteiger partial charge in [-0.1, -0.05) is 0 Å². The summed E-state index contributed by atoms with van der Waals surface area (Å²) in [5.41, 5.74) is 0.929.